The van der Waals surface area contributed by atoms with Gasteiger partial charge in [-0.3, -0.25) is 4.79 Å². The first-order chi connectivity index (χ1) is 14.2. The molecule has 30 heavy (non-hydrogen) atoms. The highest BCUT2D eigenvalue weighted by atomic mass is 32.2. The number of halogens is 3. The lowest BCUT2D eigenvalue weighted by Crippen LogP contribution is -2.27. The minimum absolute atomic E-state index is 0.00783. The molecule has 0 atom stereocenters. The number of amides is 1. The van der Waals surface area contributed by atoms with Gasteiger partial charge in [0, 0.05) is 30.9 Å². The fraction of sp³-hybridized carbons (Fsp3) is 0.0952. The van der Waals surface area contributed by atoms with Gasteiger partial charge in [0.15, 0.2) is 11.6 Å². The molecule has 0 aliphatic heterocycles. The maximum absolute atomic E-state index is 14.3. The van der Waals surface area contributed by atoms with Crippen molar-refractivity contribution in [3.8, 4) is 0 Å². The van der Waals surface area contributed by atoms with Gasteiger partial charge in [0.1, 0.15) is 10.7 Å². The zero-order valence-corrected chi connectivity index (χ0v) is 16.6. The van der Waals surface area contributed by atoms with Crippen molar-refractivity contribution in [2.24, 2.45) is 0 Å². The molecule has 5 nitrogen and oxygen atoms in total. The quantitative estimate of drug-likeness (QED) is 0.633. The van der Waals surface area contributed by atoms with Crippen LogP contribution in [0.2, 0.25) is 0 Å². The van der Waals surface area contributed by atoms with Gasteiger partial charge in [0.2, 0.25) is 10.0 Å². The highest BCUT2D eigenvalue weighted by Gasteiger charge is 2.26. The van der Waals surface area contributed by atoms with E-state index in [4.69, 9.17) is 0 Å². The van der Waals surface area contributed by atoms with Gasteiger partial charge in [-0.05, 0) is 35.9 Å². The molecule has 1 amide bonds. The van der Waals surface area contributed by atoms with Crippen LogP contribution in [0.3, 0.4) is 0 Å². The molecule has 3 aromatic rings. The number of sulfonamides is 1. The fourth-order valence-electron chi connectivity index (χ4n) is 2.71. The summed E-state index contributed by atoms with van der Waals surface area (Å²) in [6.07, 6.45) is 0. The van der Waals surface area contributed by atoms with E-state index in [0.717, 1.165) is 40.7 Å². The Morgan fingerprint density at radius 1 is 0.900 bits per heavy atom. The molecule has 3 rings (SSSR count). The van der Waals surface area contributed by atoms with Gasteiger partial charge >= 0.3 is 0 Å². The normalized spacial score (nSPS) is 11.5. The maximum Gasteiger partial charge on any atom is 0.255 e. The Morgan fingerprint density at radius 3 is 2.23 bits per heavy atom. The van der Waals surface area contributed by atoms with Crippen LogP contribution in [0.1, 0.15) is 15.9 Å². The summed E-state index contributed by atoms with van der Waals surface area (Å²) in [7, 11) is -2.94. The number of carbonyl (C=O) groups excluding carboxylic acids is 1. The molecule has 0 heterocycles. The number of rotatable bonds is 6. The number of nitrogens with one attached hydrogen (secondary N) is 1. The Hall–Kier alpha value is -3.17. The highest BCUT2D eigenvalue weighted by Crippen LogP contribution is 2.22. The van der Waals surface area contributed by atoms with E-state index in [1.807, 2.05) is 0 Å². The Morgan fingerprint density at radius 2 is 1.57 bits per heavy atom. The summed E-state index contributed by atoms with van der Waals surface area (Å²) < 4.78 is 67.3. The second-order valence-corrected chi connectivity index (χ2v) is 8.49. The number of hydrogen-bond acceptors (Lipinski definition) is 3. The lowest BCUT2D eigenvalue weighted by atomic mass is 10.2. The van der Waals surface area contributed by atoms with Crippen LogP contribution in [-0.4, -0.2) is 25.7 Å². The molecule has 0 spiro atoms. The molecule has 1 N–H and O–H groups in total. The minimum Gasteiger partial charge on any atom is -0.322 e. The molecule has 0 saturated heterocycles. The van der Waals surface area contributed by atoms with Crippen LogP contribution in [0.4, 0.5) is 18.9 Å². The number of nitrogens with zero attached hydrogens (tertiary/aromatic N) is 1. The van der Waals surface area contributed by atoms with E-state index in [9.17, 15) is 26.4 Å². The monoisotopic (exact) mass is 434 g/mol. The Bertz CT molecular complexity index is 1190. The molecule has 3 aromatic carbocycles. The van der Waals surface area contributed by atoms with Crippen molar-refractivity contribution in [3.63, 3.8) is 0 Å². The number of anilines is 1. The smallest absolute Gasteiger partial charge is 0.255 e. The van der Waals surface area contributed by atoms with Crippen LogP contribution >= 0.6 is 0 Å². The summed E-state index contributed by atoms with van der Waals surface area (Å²) >= 11 is 0. The Kier molecular flexibility index (Phi) is 6.23. The van der Waals surface area contributed by atoms with Gasteiger partial charge in [0.25, 0.3) is 5.91 Å². The third kappa shape index (κ3) is 4.69. The predicted octanol–water partition coefficient (Wildman–Crippen LogP) is 4.18. The van der Waals surface area contributed by atoms with E-state index in [2.05, 4.69) is 5.32 Å². The summed E-state index contributed by atoms with van der Waals surface area (Å²) in [6, 6.07) is 14.4. The molecule has 0 aliphatic carbocycles. The van der Waals surface area contributed by atoms with Crippen LogP contribution in [0.25, 0.3) is 0 Å². The molecule has 0 unspecified atom stereocenters. The summed E-state index contributed by atoms with van der Waals surface area (Å²) in [5, 5.41) is 2.32. The first kappa shape index (κ1) is 21.5. The number of carbonyl (C=O) groups is 1. The summed E-state index contributed by atoms with van der Waals surface area (Å²) in [5.74, 6) is -4.05. The molecule has 0 bridgehead atoms. The first-order valence-electron chi connectivity index (χ1n) is 8.74. The summed E-state index contributed by atoms with van der Waals surface area (Å²) in [5.41, 5.74) is 0.512. The van der Waals surface area contributed by atoms with E-state index in [-0.39, 0.29) is 17.8 Å². The predicted molar refractivity (Wildman–Crippen MR) is 106 cm³/mol. The number of benzene rings is 3. The molecule has 0 radical (unpaired) electrons. The zero-order valence-electron chi connectivity index (χ0n) is 15.8. The van der Waals surface area contributed by atoms with Crippen molar-refractivity contribution in [1.29, 1.82) is 0 Å². The zero-order chi connectivity index (χ0) is 21.9. The van der Waals surface area contributed by atoms with Crippen LogP contribution < -0.4 is 5.32 Å². The standard InChI is InChI=1S/C21H17F3N2O3S/c1-26(13-14-5-3-2-4-6-14)30(28,29)20-11-15(7-9-18(20)23)21(27)25-16-8-10-17(22)19(24)12-16/h2-12H,13H2,1H3,(H,25,27). The molecule has 0 saturated carbocycles. The molecule has 0 fully saturated rings. The largest absolute Gasteiger partial charge is 0.322 e. The van der Waals surface area contributed by atoms with Crippen LogP contribution in [0.5, 0.6) is 0 Å². The van der Waals surface area contributed by atoms with Gasteiger partial charge in [0.05, 0.1) is 0 Å². The van der Waals surface area contributed by atoms with Crippen molar-refractivity contribution in [3.05, 3.63) is 95.3 Å². The molecule has 156 valence electrons. The summed E-state index contributed by atoms with van der Waals surface area (Å²) in [6.45, 7) is 0.00783. The van der Waals surface area contributed by atoms with Crippen molar-refractivity contribution in [2.45, 2.75) is 11.4 Å². The van der Waals surface area contributed by atoms with Crippen LogP contribution in [0.15, 0.2) is 71.6 Å². The van der Waals surface area contributed by atoms with E-state index in [1.54, 1.807) is 30.3 Å². The van der Waals surface area contributed by atoms with E-state index >= 15 is 0 Å². The lowest BCUT2D eigenvalue weighted by Gasteiger charge is -2.18. The average Bonchev–Trinajstić information content (AvgIpc) is 2.71. The van der Waals surface area contributed by atoms with Crippen molar-refractivity contribution >= 4 is 21.6 Å². The van der Waals surface area contributed by atoms with Crippen molar-refractivity contribution < 1.29 is 26.4 Å². The third-order valence-electron chi connectivity index (χ3n) is 4.31. The highest BCUT2D eigenvalue weighted by molar-refractivity contribution is 7.89. The van der Waals surface area contributed by atoms with Crippen molar-refractivity contribution in [1.82, 2.24) is 4.31 Å². The van der Waals surface area contributed by atoms with E-state index < -0.39 is 38.3 Å². The minimum atomic E-state index is -4.24. The third-order valence-corrected chi connectivity index (χ3v) is 6.13. The van der Waals surface area contributed by atoms with Gasteiger partial charge in [-0.1, -0.05) is 30.3 Å². The van der Waals surface area contributed by atoms with Gasteiger partial charge in [-0.15, -0.1) is 0 Å². The fourth-order valence-corrected chi connectivity index (χ4v) is 3.96. The SMILES string of the molecule is CN(Cc1ccccc1)S(=O)(=O)c1cc(C(=O)Nc2ccc(F)c(F)c2)ccc1F. The Balaban J connectivity index is 1.86. The molecule has 0 aliphatic rings. The first-order valence-corrected chi connectivity index (χ1v) is 10.2. The van der Waals surface area contributed by atoms with Crippen LogP contribution in [0, 0.1) is 17.5 Å². The van der Waals surface area contributed by atoms with E-state index in [1.165, 1.54) is 7.05 Å². The number of hydrogen-bond donors (Lipinski definition) is 1. The van der Waals surface area contributed by atoms with Crippen molar-refractivity contribution in [2.75, 3.05) is 12.4 Å². The average molecular weight is 434 g/mol. The second-order valence-electron chi connectivity index (χ2n) is 6.47. The topological polar surface area (TPSA) is 66.5 Å². The molecular weight excluding hydrogens is 417 g/mol. The molecule has 9 heteroatoms. The molecule has 0 aromatic heterocycles. The Labute approximate surface area is 171 Å². The van der Waals surface area contributed by atoms with Gasteiger partial charge < -0.3 is 5.32 Å². The lowest BCUT2D eigenvalue weighted by molar-refractivity contribution is 0.102. The van der Waals surface area contributed by atoms with Gasteiger partial charge in [-0.2, -0.15) is 4.31 Å². The molecular formula is C21H17F3N2O3S. The summed E-state index contributed by atoms with van der Waals surface area (Å²) in [4.78, 5) is 11.7. The second kappa shape index (κ2) is 8.68. The van der Waals surface area contributed by atoms with Gasteiger partial charge in [-0.25, -0.2) is 21.6 Å². The maximum atomic E-state index is 14.3. The van der Waals surface area contributed by atoms with E-state index in [0.29, 0.717) is 5.56 Å². The van der Waals surface area contributed by atoms with Crippen LogP contribution in [-0.2, 0) is 16.6 Å².